The minimum Gasteiger partial charge on any atom is -0.406 e. The first-order valence-electron chi connectivity index (χ1n) is 10.8. The zero-order valence-corrected chi connectivity index (χ0v) is 18.3. The van der Waals surface area contributed by atoms with Crippen molar-refractivity contribution in [2.24, 2.45) is 0 Å². The van der Waals surface area contributed by atoms with Crippen molar-refractivity contribution < 1.29 is 22.7 Å². The highest BCUT2D eigenvalue weighted by Gasteiger charge is 2.32. The van der Waals surface area contributed by atoms with Crippen LogP contribution in [0.5, 0.6) is 5.75 Å². The highest BCUT2D eigenvalue weighted by atomic mass is 19.4. The van der Waals surface area contributed by atoms with Gasteiger partial charge in [0.25, 0.3) is 5.91 Å². The summed E-state index contributed by atoms with van der Waals surface area (Å²) in [4.78, 5) is 24.0. The Morgan fingerprint density at radius 2 is 1.80 bits per heavy atom. The van der Waals surface area contributed by atoms with E-state index in [1.807, 2.05) is 53.4 Å². The van der Waals surface area contributed by atoms with E-state index in [2.05, 4.69) is 27.1 Å². The molecule has 176 valence electrons. The van der Waals surface area contributed by atoms with Crippen LogP contribution in [0, 0.1) is 12.4 Å². The van der Waals surface area contributed by atoms with Gasteiger partial charge in [0, 0.05) is 37.1 Å². The van der Waals surface area contributed by atoms with Gasteiger partial charge in [-0.15, -0.1) is 13.2 Å². The Hall–Kier alpha value is -4.45. The number of carbonyl (C=O) groups is 1. The van der Waals surface area contributed by atoms with Gasteiger partial charge in [-0.3, -0.25) is 9.78 Å². The molecule has 4 aromatic rings. The van der Waals surface area contributed by atoms with Gasteiger partial charge in [-0.2, -0.15) is 4.98 Å². The van der Waals surface area contributed by atoms with Crippen LogP contribution in [0.3, 0.4) is 0 Å². The number of aromatic nitrogens is 2. The minimum absolute atomic E-state index is 0.112. The van der Waals surface area contributed by atoms with E-state index in [4.69, 9.17) is 0 Å². The quantitative estimate of drug-likeness (QED) is 0.430. The molecule has 1 amide bonds. The Balaban J connectivity index is 1.50. The minimum atomic E-state index is -4.84. The maximum atomic E-state index is 13.4. The highest BCUT2D eigenvalue weighted by Crippen LogP contribution is 2.34. The Kier molecular flexibility index (Phi) is 5.79. The molecule has 0 fully saturated rings. The van der Waals surface area contributed by atoms with E-state index in [-0.39, 0.29) is 12.1 Å². The Morgan fingerprint density at radius 1 is 0.971 bits per heavy atom. The Labute approximate surface area is 199 Å². The largest absolute Gasteiger partial charge is 0.573 e. The first kappa shape index (κ1) is 22.3. The molecule has 0 bridgehead atoms. The molecule has 0 aliphatic carbocycles. The number of hydrogen-bond acceptors (Lipinski definition) is 4. The molecule has 2 heterocycles. The zero-order chi connectivity index (χ0) is 24.4. The average Bonchev–Trinajstić information content (AvgIpc) is 3.31. The van der Waals surface area contributed by atoms with Crippen LogP contribution < -0.4 is 9.64 Å². The van der Waals surface area contributed by atoms with E-state index in [9.17, 15) is 18.0 Å². The summed E-state index contributed by atoms with van der Waals surface area (Å²) in [5.41, 5.74) is 3.86. The molecular weight excluding hydrogens is 457 g/mol. The van der Waals surface area contributed by atoms with Gasteiger partial charge in [-0.05, 0) is 47.0 Å². The van der Waals surface area contributed by atoms with E-state index in [0.717, 1.165) is 28.4 Å². The number of nitrogens with zero attached hydrogens (tertiary/aromatic N) is 3. The van der Waals surface area contributed by atoms with Crippen molar-refractivity contribution in [2.45, 2.75) is 12.9 Å². The van der Waals surface area contributed by atoms with Crippen molar-refractivity contribution in [3.63, 3.8) is 0 Å². The van der Waals surface area contributed by atoms with Gasteiger partial charge in [0.05, 0.1) is 6.20 Å². The third-order valence-corrected chi connectivity index (χ3v) is 5.68. The van der Waals surface area contributed by atoms with Gasteiger partial charge in [-0.25, -0.2) is 0 Å². The molecule has 1 aliphatic heterocycles. The number of halogens is 3. The Morgan fingerprint density at radius 3 is 2.54 bits per heavy atom. The topological polar surface area (TPSA) is 61.5 Å². The summed E-state index contributed by atoms with van der Waals surface area (Å²) in [5, 5.41) is 0. The van der Waals surface area contributed by atoms with Crippen molar-refractivity contribution in [2.75, 3.05) is 18.0 Å². The molecule has 0 saturated carbocycles. The van der Waals surface area contributed by atoms with Crippen LogP contribution in [-0.2, 0) is 6.54 Å². The predicted molar refractivity (Wildman–Crippen MR) is 123 cm³/mol. The summed E-state index contributed by atoms with van der Waals surface area (Å²) in [7, 11) is 0. The second-order valence-corrected chi connectivity index (χ2v) is 7.96. The lowest BCUT2D eigenvalue weighted by molar-refractivity contribution is -0.274. The molecule has 6 nitrogen and oxygen atoms in total. The second kappa shape index (κ2) is 9.06. The number of H-pyrrole nitrogens is 1. The molecule has 0 atom stereocenters. The fraction of sp³-hybridized carbons (Fsp3) is 0.154. The fourth-order valence-corrected chi connectivity index (χ4v) is 4.13. The number of carbonyl (C=O) groups excluding carboxylic acids is 1. The Bertz CT molecular complexity index is 1320. The SMILES string of the molecule is O=C(c1cccc(OC(F)(F)F)c1)N1CCN(c2nc#c[nH]2)c2ccc(-c3ccccc3)cc2C1. The molecule has 1 N–H and O–H groups in total. The van der Waals surface area contributed by atoms with Crippen LogP contribution >= 0.6 is 0 Å². The van der Waals surface area contributed by atoms with Crippen LogP contribution in [-0.4, -0.2) is 40.2 Å². The number of anilines is 2. The molecular formula is C26H19F3N4O2. The van der Waals surface area contributed by atoms with Crippen molar-refractivity contribution >= 4 is 17.5 Å². The van der Waals surface area contributed by atoms with Gasteiger partial charge in [0.15, 0.2) is 0 Å². The number of aromatic amines is 1. The lowest BCUT2D eigenvalue weighted by Gasteiger charge is -2.22. The molecule has 0 spiro atoms. The number of hydrogen-bond donors (Lipinski definition) is 1. The number of rotatable bonds is 4. The van der Waals surface area contributed by atoms with Crippen LogP contribution in [0.15, 0.2) is 72.8 Å². The fourth-order valence-electron chi connectivity index (χ4n) is 4.13. The van der Waals surface area contributed by atoms with E-state index in [1.165, 1.54) is 18.2 Å². The summed E-state index contributed by atoms with van der Waals surface area (Å²) < 4.78 is 42.0. The smallest absolute Gasteiger partial charge is 0.406 e. The van der Waals surface area contributed by atoms with Crippen molar-refractivity contribution in [3.05, 3.63) is 96.3 Å². The molecule has 1 aliphatic rings. The van der Waals surface area contributed by atoms with E-state index >= 15 is 0 Å². The van der Waals surface area contributed by atoms with Gasteiger partial charge in [-0.1, -0.05) is 42.5 Å². The van der Waals surface area contributed by atoms with Crippen molar-refractivity contribution in [1.29, 1.82) is 0 Å². The number of benzene rings is 3. The maximum Gasteiger partial charge on any atom is 0.573 e. The normalized spacial score (nSPS) is 13.6. The number of nitrogens with one attached hydrogen (secondary N) is 1. The summed E-state index contributed by atoms with van der Waals surface area (Å²) in [6.07, 6.45) is 0.514. The van der Waals surface area contributed by atoms with Crippen LogP contribution in [0.4, 0.5) is 24.8 Å². The van der Waals surface area contributed by atoms with Crippen LogP contribution in [0.25, 0.3) is 11.1 Å². The summed E-state index contributed by atoms with van der Waals surface area (Å²) in [5.74, 6) is -0.296. The van der Waals surface area contributed by atoms with Crippen LogP contribution in [0.2, 0.25) is 0 Å². The summed E-state index contributed by atoms with van der Waals surface area (Å²) in [6, 6.07) is 21.0. The standard InChI is InChI=1S/C26H19F3N4O2/c27-26(28,29)35-22-8-4-7-20(16-22)24(34)32-13-14-33(25-30-11-12-31-25)23-10-9-19(15-21(23)17-32)18-5-2-1-3-6-18/h1-10,15-16H,13-14,17H2,(H,30,31). The van der Waals surface area contributed by atoms with Gasteiger partial charge < -0.3 is 14.5 Å². The second-order valence-electron chi connectivity index (χ2n) is 7.96. The van der Waals surface area contributed by atoms with Gasteiger partial charge in [0.2, 0.25) is 5.95 Å². The average molecular weight is 476 g/mol. The molecule has 35 heavy (non-hydrogen) atoms. The number of fused-ring (bicyclic) bond motifs is 1. The van der Waals surface area contributed by atoms with Crippen molar-refractivity contribution in [3.8, 4) is 16.9 Å². The predicted octanol–water partition coefficient (Wildman–Crippen LogP) is 5.37. The molecule has 9 heteroatoms. The molecule has 5 rings (SSSR count). The third kappa shape index (κ3) is 4.92. The maximum absolute atomic E-state index is 13.4. The van der Waals surface area contributed by atoms with E-state index in [1.54, 1.807) is 4.90 Å². The third-order valence-electron chi connectivity index (χ3n) is 5.68. The first-order valence-corrected chi connectivity index (χ1v) is 10.8. The monoisotopic (exact) mass is 476 g/mol. The van der Waals surface area contributed by atoms with E-state index in [0.29, 0.717) is 19.0 Å². The lowest BCUT2D eigenvalue weighted by Crippen LogP contribution is -2.34. The van der Waals surface area contributed by atoms with Crippen molar-refractivity contribution in [1.82, 2.24) is 14.9 Å². The zero-order valence-electron chi connectivity index (χ0n) is 18.3. The number of ether oxygens (including phenoxy) is 1. The first-order chi connectivity index (χ1) is 16.9. The van der Waals surface area contributed by atoms with Gasteiger partial charge in [0.1, 0.15) is 5.75 Å². The lowest BCUT2D eigenvalue weighted by atomic mass is 10.0. The molecule has 1 aromatic heterocycles. The number of amides is 1. The molecule has 0 radical (unpaired) electrons. The summed E-state index contributed by atoms with van der Waals surface area (Å²) >= 11 is 0. The van der Waals surface area contributed by atoms with Gasteiger partial charge >= 0.3 is 6.36 Å². The van der Waals surface area contributed by atoms with Crippen LogP contribution in [0.1, 0.15) is 15.9 Å². The molecule has 0 unspecified atom stereocenters. The van der Waals surface area contributed by atoms with E-state index < -0.39 is 18.0 Å². The molecule has 3 aromatic carbocycles. The molecule has 0 saturated heterocycles. The highest BCUT2D eigenvalue weighted by molar-refractivity contribution is 5.95. The number of alkyl halides is 3. The summed E-state index contributed by atoms with van der Waals surface area (Å²) in [6.45, 7) is 1.00.